The van der Waals surface area contributed by atoms with Crippen molar-refractivity contribution in [1.82, 2.24) is 4.98 Å². The van der Waals surface area contributed by atoms with E-state index in [0.29, 0.717) is 26.8 Å². The Morgan fingerprint density at radius 2 is 1.67 bits per heavy atom. The van der Waals surface area contributed by atoms with Crippen LogP contribution in [0.15, 0.2) is 72.3 Å². The minimum Gasteiger partial charge on any atom is -0.507 e. The van der Waals surface area contributed by atoms with E-state index in [2.05, 4.69) is 25.8 Å². The Balaban J connectivity index is 1.71. The number of aromatic nitrogens is 1. The van der Waals surface area contributed by atoms with Gasteiger partial charge in [0.25, 0.3) is 5.78 Å². The molecular formula is C29H25ClN2O3S. The summed E-state index contributed by atoms with van der Waals surface area (Å²) in [6, 6.07) is 19.5. The van der Waals surface area contributed by atoms with Crippen LogP contribution >= 0.6 is 22.9 Å². The second kappa shape index (κ2) is 8.87. The zero-order valence-electron chi connectivity index (χ0n) is 20.4. The van der Waals surface area contributed by atoms with Gasteiger partial charge in [-0.05, 0) is 41.7 Å². The number of amides is 1. The Morgan fingerprint density at radius 1 is 1.00 bits per heavy atom. The zero-order chi connectivity index (χ0) is 25.8. The number of benzene rings is 3. The van der Waals surface area contributed by atoms with E-state index < -0.39 is 17.7 Å². The van der Waals surface area contributed by atoms with Gasteiger partial charge < -0.3 is 5.11 Å². The van der Waals surface area contributed by atoms with Gasteiger partial charge in [-0.25, -0.2) is 4.98 Å². The van der Waals surface area contributed by atoms with Gasteiger partial charge in [0, 0.05) is 10.6 Å². The summed E-state index contributed by atoms with van der Waals surface area (Å²) in [6.45, 7) is 8.31. The van der Waals surface area contributed by atoms with Crippen molar-refractivity contribution in [2.24, 2.45) is 0 Å². The maximum Gasteiger partial charge on any atom is 0.301 e. The first kappa shape index (κ1) is 24.2. The molecule has 1 atom stereocenters. The summed E-state index contributed by atoms with van der Waals surface area (Å²) in [6.07, 6.45) is 0. The number of carbonyl (C=O) groups excluding carboxylic acids is 2. The van der Waals surface area contributed by atoms with Crippen molar-refractivity contribution < 1.29 is 14.7 Å². The molecule has 1 N–H and O–H groups in total. The first-order chi connectivity index (χ1) is 17.0. The molecule has 1 saturated heterocycles. The summed E-state index contributed by atoms with van der Waals surface area (Å²) in [5.41, 5.74) is 4.01. The predicted molar refractivity (Wildman–Crippen MR) is 146 cm³/mol. The number of hydrogen-bond donors (Lipinski definition) is 1. The van der Waals surface area contributed by atoms with E-state index in [1.807, 2.05) is 43.3 Å². The minimum absolute atomic E-state index is 0.0460. The molecule has 5 nitrogen and oxygen atoms in total. The molecule has 5 rings (SSSR count). The summed E-state index contributed by atoms with van der Waals surface area (Å²) >= 11 is 7.45. The Kier molecular flexibility index (Phi) is 5.97. The SMILES string of the molecule is Cc1ccc(/C(O)=C2\C(=O)C(=O)N(c3nc4ccc(Cl)cc4s3)C2c2ccc(C(C)(C)C)cc2)cc1. The highest BCUT2D eigenvalue weighted by molar-refractivity contribution is 7.22. The molecule has 0 radical (unpaired) electrons. The number of aliphatic hydroxyl groups is 1. The van der Waals surface area contributed by atoms with Gasteiger partial charge in [-0.15, -0.1) is 0 Å². The summed E-state index contributed by atoms with van der Waals surface area (Å²) < 4.78 is 0.805. The lowest BCUT2D eigenvalue weighted by Gasteiger charge is -2.24. The highest BCUT2D eigenvalue weighted by atomic mass is 35.5. The van der Waals surface area contributed by atoms with Crippen molar-refractivity contribution >= 4 is 55.7 Å². The van der Waals surface area contributed by atoms with Crippen molar-refractivity contribution in [3.05, 3.63) is 99.6 Å². The molecule has 1 aliphatic heterocycles. The second-order valence-electron chi connectivity index (χ2n) is 10.0. The molecular weight excluding hydrogens is 492 g/mol. The number of carbonyl (C=O) groups is 2. The predicted octanol–water partition coefficient (Wildman–Crippen LogP) is 7.18. The number of nitrogens with zero attached hydrogens (tertiary/aromatic N) is 2. The summed E-state index contributed by atoms with van der Waals surface area (Å²) in [5, 5.41) is 12.2. The average molecular weight is 517 g/mol. The van der Waals surface area contributed by atoms with Gasteiger partial charge in [0.15, 0.2) is 5.13 Å². The fourth-order valence-corrected chi connectivity index (χ4v) is 5.64. The van der Waals surface area contributed by atoms with Gasteiger partial charge in [-0.1, -0.05) is 97.8 Å². The quantitative estimate of drug-likeness (QED) is 0.178. The normalized spacial score (nSPS) is 17.8. The third kappa shape index (κ3) is 4.21. The molecule has 1 fully saturated rings. The van der Waals surface area contributed by atoms with Crippen molar-refractivity contribution in [2.75, 3.05) is 4.90 Å². The molecule has 4 aromatic rings. The van der Waals surface area contributed by atoms with Crippen LogP contribution in [0.25, 0.3) is 16.0 Å². The fraction of sp³-hybridized carbons (Fsp3) is 0.207. The molecule has 0 spiro atoms. The van der Waals surface area contributed by atoms with E-state index in [-0.39, 0.29) is 16.7 Å². The molecule has 0 aliphatic carbocycles. The summed E-state index contributed by atoms with van der Waals surface area (Å²) in [5.74, 6) is -1.67. The molecule has 2 heterocycles. The van der Waals surface area contributed by atoms with Crippen molar-refractivity contribution in [2.45, 2.75) is 39.2 Å². The maximum absolute atomic E-state index is 13.4. The van der Waals surface area contributed by atoms with E-state index in [4.69, 9.17) is 11.6 Å². The number of Topliss-reactive ketones (excluding diaryl/α,β-unsaturated/α-hetero) is 1. The van der Waals surface area contributed by atoms with E-state index in [9.17, 15) is 14.7 Å². The van der Waals surface area contributed by atoms with Crippen LogP contribution in [0.5, 0.6) is 0 Å². The van der Waals surface area contributed by atoms with Crippen molar-refractivity contribution in [3.63, 3.8) is 0 Å². The van der Waals surface area contributed by atoms with Crippen LogP contribution in [0, 0.1) is 6.92 Å². The number of fused-ring (bicyclic) bond motifs is 1. The van der Waals surface area contributed by atoms with Crippen LogP contribution in [0.1, 0.15) is 49.1 Å². The lowest BCUT2D eigenvalue weighted by molar-refractivity contribution is -0.132. The molecule has 182 valence electrons. The number of aryl methyl sites for hydroxylation is 1. The largest absolute Gasteiger partial charge is 0.507 e. The highest BCUT2D eigenvalue weighted by Gasteiger charge is 2.48. The van der Waals surface area contributed by atoms with Crippen LogP contribution in [0.3, 0.4) is 0 Å². The Bertz CT molecular complexity index is 1530. The van der Waals surface area contributed by atoms with Crippen molar-refractivity contribution in [3.8, 4) is 0 Å². The monoisotopic (exact) mass is 516 g/mol. The number of thiazole rings is 1. The lowest BCUT2D eigenvalue weighted by Crippen LogP contribution is -2.29. The van der Waals surface area contributed by atoms with Gasteiger partial charge in [-0.2, -0.15) is 0 Å². The Labute approximate surface area is 218 Å². The third-order valence-corrected chi connectivity index (χ3v) is 7.66. The third-order valence-electron chi connectivity index (χ3n) is 6.41. The smallest absolute Gasteiger partial charge is 0.301 e. The van der Waals surface area contributed by atoms with Crippen LogP contribution in [0.2, 0.25) is 5.02 Å². The van der Waals surface area contributed by atoms with Crippen molar-refractivity contribution in [1.29, 1.82) is 0 Å². The molecule has 0 bridgehead atoms. The first-order valence-corrected chi connectivity index (χ1v) is 12.8. The van der Waals surface area contributed by atoms with Gasteiger partial charge in [-0.3, -0.25) is 14.5 Å². The highest BCUT2D eigenvalue weighted by Crippen LogP contribution is 2.44. The standard InChI is InChI=1S/C29H25ClN2O3S/c1-16-5-7-18(8-6-16)25(33)23-24(17-9-11-19(12-10-17)29(2,3)4)32(27(35)26(23)34)28-31-21-14-13-20(30)15-22(21)36-28/h5-15,24,33H,1-4H3/b25-23+. The van der Waals surface area contributed by atoms with E-state index in [1.165, 1.54) is 16.2 Å². The number of hydrogen-bond acceptors (Lipinski definition) is 5. The molecule has 0 saturated carbocycles. The molecule has 36 heavy (non-hydrogen) atoms. The second-order valence-corrected chi connectivity index (χ2v) is 11.5. The molecule has 1 amide bonds. The van der Waals surface area contributed by atoms with E-state index in [0.717, 1.165) is 15.8 Å². The van der Waals surface area contributed by atoms with Gasteiger partial charge >= 0.3 is 5.91 Å². The number of rotatable bonds is 3. The molecule has 1 aliphatic rings. The lowest BCUT2D eigenvalue weighted by atomic mass is 9.85. The Hall–Kier alpha value is -3.48. The zero-order valence-corrected chi connectivity index (χ0v) is 21.9. The first-order valence-electron chi connectivity index (χ1n) is 11.6. The minimum atomic E-state index is -0.823. The van der Waals surface area contributed by atoms with Crippen LogP contribution in [-0.4, -0.2) is 21.8 Å². The molecule has 3 aromatic carbocycles. The summed E-state index contributed by atoms with van der Waals surface area (Å²) in [4.78, 5) is 32.9. The van der Waals surface area contributed by atoms with E-state index in [1.54, 1.807) is 30.3 Å². The number of anilines is 1. The van der Waals surface area contributed by atoms with Crippen LogP contribution in [-0.2, 0) is 15.0 Å². The number of ketones is 1. The fourth-order valence-electron chi connectivity index (χ4n) is 4.37. The average Bonchev–Trinajstić information content (AvgIpc) is 3.36. The van der Waals surface area contributed by atoms with Crippen LogP contribution < -0.4 is 4.90 Å². The van der Waals surface area contributed by atoms with Gasteiger partial charge in [0.1, 0.15) is 5.76 Å². The number of aliphatic hydroxyl groups excluding tert-OH is 1. The summed E-state index contributed by atoms with van der Waals surface area (Å²) in [7, 11) is 0. The van der Waals surface area contributed by atoms with Gasteiger partial charge in [0.2, 0.25) is 0 Å². The van der Waals surface area contributed by atoms with Crippen LogP contribution in [0.4, 0.5) is 5.13 Å². The molecule has 7 heteroatoms. The Morgan fingerprint density at radius 3 is 2.31 bits per heavy atom. The van der Waals surface area contributed by atoms with E-state index >= 15 is 0 Å². The topological polar surface area (TPSA) is 70.5 Å². The molecule has 1 aromatic heterocycles. The van der Waals surface area contributed by atoms with Gasteiger partial charge in [0.05, 0.1) is 21.8 Å². The number of halogens is 1. The molecule has 1 unspecified atom stereocenters. The maximum atomic E-state index is 13.4.